The van der Waals surface area contributed by atoms with Gasteiger partial charge in [-0.2, -0.15) is 0 Å². The summed E-state index contributed by atoms with van der Waals surface area (Å²) >= 11 is 0. The molecule has 0 fully saturated rings. The molecule has 0 aromatic heterocycles. The van der Waals surface area contributed by atoms with Gasteiger partial charge in [-0.1, -0.05) is 0 Å². The minimum Gasteiger partial charge on any atom is -0.492 e. The van der Waals surface area contributed by atoms with Gasteiger partial charge in [0, 0.05) is 19.7 Å². The third-order valence-electron chi connectivity index (χ3n) is 2.77. The second-order valence-corrected chi connectivity index (χ2v) is 6.31. The van der Waals surface area contributed by atoms with Crippen molar-refractivity contribution in [2.75, 3.05) is 33.4 Å². The smallest absolute Gasteiger partial charge is 0.240 e. The van der Waals surface area contributed by atoms with Gasteiger partial charge in [0.25, 0.3) is 0 Å². The van der Waals surface area contributed by atoms with E-state index in [1.807, 2.05) is 20.9 Å². The number of hydrogen-bond donors (Lipinski definition) is 2. The van der Waals surface area contributed by atoms with Crippen LogP contribution >= 0.6 is 0 Å². The van der Waals surface area contributed by atoms with Gasteiger partial charge >= 0.3 is 0 Å². The first-order chi connectivity index (χ1) is 9.99. The van der Waals surface area contributed by atoms with Gasteiger partial charge in [0.05, 0.1) is 11.0 Å². The highest BCUT2D eigenvalue weighted by molar-refractivity contribution is 7.89. The first-order valence-corrected chi connectivity index (χ1v) is 8.46. The van der Waals surface area contributed by atoms with Crippen molar-refractivity contribution in [3.8, 4) is 5.75 Å². The Hall–Kier alpha value is -1.15. The lowest BCUT2D eigenvalue weighted by Crippen LogP contribution is -2.32. The van der Waals surface area contributed by atoms with Crippen LogP contribution in [0.5, 0.6) is 5.75 Å². The number of benzene rings is 1. The van der Waals surface area contributed by atoms with Gasteiger partial charge in [-0.25, -0.2) is 13.1 Å². The number of hydrogen-bond acceptors (Lipinski definition) is 5. The van der Waals surface area contributed by atoms with Crippen molar-refractivity contribution in [2.24, 2.45) is 0 Å². The largest absolute Gasteiger partial charge is 0.492 e. The van der Waals surface area contributed by atoms with Gasteiger partial charge in [0.15, 0.2) is 0 Å². The van der Waals surface area contributed by atoms with E-state index in [0.717, 1.165) is 6.54 Å². The minimum atomic E-state index is -3.51. The topological polar surface area (TPSA) is 76.7 Å². The molecule has 1 unspecified atom stereocenters. The molecule has 0 aliphatic heterocycles. The average Bonchev–Trinajstić information content (AvgIpc) is 2.46. The first kappa shape index (κ1) is 17.9. The van der Waals surface area contributed by atoms with E-state index in [-0.39, 0.29) is 17.5 Å². The summed E-state index contributed by atoms with van der Waals surface area (Å²) in [6, 6.07) is 6.36. The molecule has 1 rings (SSSR count). The zero-order valence-electron chi connectivity index (χ0n) is 12.8. The van der Waals surface area contributed by atoms with Crippen LogP contribution < -0.4 is 14.8 Å². The van der Waals surface area contributed by atoms with Crippen LogP contribution in [0.2, 0.25) is 0 Å². The van der Waals surface area contributed by atoms with Crippen LogP contribution in [-0.4, -0.2) is 47.9 Å². The summed E-state index contributed by atoms with van der Waals surface area (Å²) < 4.78 is 37.5. The van der Waals surface area contributed by atoms with Crippen LogP contribution in [0.1, 0.15) is 13.8 Å². The van der Waals surface area contributed by atoms with Crippen LogP contribution in [0.25, 0.3) is 0 Å². The van der Waals surface area contributed by atoms with E-state index in [0.29, 0.717) is 19.0 Å². The first-order valence-electron chi connectivity index (χ1n) is 6.98. The second kappa shape index (κ2) is 8.99. The SMILES string of the molecule is CCOC(C)CNS(=O)(=O)c1ccc(OCCNC)cc1. The fourth-order valence-corrected chi connectivity index (χ4v) is 2.75. The standard InChI is InChI=1S/C14H24N2O4S/c1-4-19-12(2)11-16-21(17,18)14-7-5-13(6-8-14)20-10-9-15-3/h5-8,12,15-16H,4,9-11H2,1-3H3. The molecule has 2 N–H and O–H groups in total. The quantitative estimate of drug-likeness (QED) is 0.630. The van der Waals surface area contributed by atoms with Gasteiger partial charge in [-0.05, 0) is 45.2 Å². The molecular weight excluding hydrogens is 292 g/mol. The normalized spacial score (nSPS) is 13.1. The van der Waals surface area contributed by atoms with E-state index in [1.165, 1.54) is 12.1 Å². The van der Waals surface area contributed by atoms with Crippen molar-refractivity contribution in [3.63, 3.8) is 0 Å². The van der Waals surface area contributed by atoms with Gasteiger partial charge in [0.1, 0.15) is 12.4 Å². The summed E-state index contributed by atoms with van der Waals surface area (Å²) in [6.45, 7) is 5.77. The molecule has 0 aliphatic rings. The summed E-state index contributed by atoms with van der Waals surface area (Å²) in [5.74, 6) is 0.645. The van der Waals surface area contributed by atoms with E-state index in [9.17, 15) is 8.42 Å². The molecule has 0 radical (unpaired) electrons. The van der Waals surface area contributed by atoms with Gasteiger partial charge in [-0.3, -0.25) is 0 Å². The lowest BCUT2D eigenvalue weighted by Gasteiger charge is -2.13. The second-order valence-electron chi connectivity index (χ2n) is 4.54. The molecule has 0 spiro atoms. The zero-order valence-corrected chi connectivity index (χ0v) is 13.6. The minimum absolute atomic E-state index is 0.158. The molecule has 7 heteroatoms. The summed E-state index contributed by atoms with van der Waals surface area (Å²) in [7, 11) is -1.67. The fraction of sp³-hybridized carbons (Fsp3) is 0.571. The van der Waals surface area contributed by atoms with Gasteiger partial charge < -0.3 is 14.8 Å². The van der Waals surface area contributed by atoms with Crippen LogP contribution in [0, 0.1) is 0 Å². The molecule has 21 heavy (non-hydrogen) atoms. The van der Waals surface area contributed by atoms with E-state index < -0.39 is 10.0 Å². The van der Waals surface area contributed by atoms with Crippen LogP contribution in [0.3, 0.4) is 0 Å². The predicted octanol–water partition coefficient (Wildman–Crippen LogP) is 0.988. The Morgan fingerprint density at radius 3 is 2.48 bits per heavy atom. The Bertz CT molecular complexity index is 502. The highest BCUT2D eigenvalue weighted by Gasteiger charge is 2.15. The van der Waals surface area contributed by atoms with Gasteiger partial charge in [-0.15, -0.1) is 0 Å². The van der Waals surface area contributed by atoms with E-state index in [4.69, 9.17) is 9.47 Å². The number of likely N-dealkylation sites (N-methyl/N-ethyl adjacent to an activating group) is 1. The number of rotatable bonds is 10. The highest BCUT2D eigenvalue weighted by atomic mass is 32.2. The summed E-state index contributed by atoms with van der Waals surface area (Å²) in [5, 5.41) is 2.97. The van der Waals surface area contributed by atoms with Gasteiger partial charge in [0.2, 0.25) is 10.0 Å². The molecule has 0 saturated carbocycles. The van der Waals surface area contributed by atoms with E-state index >= 15 is 0 Å². The molecule has 0 heterocycles. The third-order valence-corrected chi connectivity index (χ3v) is 4.21. The molecule has 0 aliphatic carbocycles. The van der Waals surface area contributed by atoms with Crippen molar-refractivity contribution in [2.45, 2.75) is 24.8 Å². The van der Waals surface area contributed by atoms with Crippen LogP contribution in [-0.2, 0) is 14.8 Å². The molecule has 1 aromatic rings. The highest BCUT2D eigenvalue weighted by Crippen LogP contribution is 2.15. The van der Waals surface area contributed by atoms with Crippen molar-refractivity contribution in [1.29, 1.82) is 0 Å². The molecule has 1 atom stereocenters. The number of ether oxygens (including phenoxy) is 2. The molecule has 0 bridgehead atoms. The van der Waals surface area contributed by atoms with Crippen molar-refractivity contribution >= 4 is 10.0 Å². The van der Waals surface area contributed by atoms with Crippen molar-refractivity contribution in [3.05, 3.63) is 24.3 Å². The summed E-state index contributed by atoms with van der Waals surface area (Å²) in [4.78, 5) is 0.215. The van der Waals surface area contributed by atoms with Crippen molar-refractivity contribution < 1.29 is 17.9 Å². The Kier molecular flexibility index (Phi) is 7.66. The van der Waals surface area contributed by atoms with E-state index in [1.54, 1.807) is 12.1 Å². The summed E-state index contributed by atoms with van der Waals surface area (Å²) in [5.41, 5.74) is 0. The Labute approximate surface area is 126 Å². The maximum Gasteiger partial charge on any atom is 0.240 e. The molecule has 0 amide bonds. The lowest BCUT2D eigenvalue weighted by molar-refractivity contribution is 0.0799. The molecule has 120 valence electrons. The maximum atomic E-state index is 12.1. The lowest BCUT2D eigenvalue weighted by atomic mass is 10.3. The van der Waals surface area contributed by atoms with E-state index in [2.05, 4.69) is 10.0 Å². The van der Waals surface area contributed by atoms with Crippen LogP contribution in [0.4, 0.5) is 0 Å². The fourth-order valence-electron chi connectivity index (χ4n) is 1.64. The molecule has 6 nitrogen and oxygen atoms in total. The van der Waals surface area contributed by atoms with Crippen LogP contribution in [0.15, 0.2) is 29.2 Å². The maximum absolute atomic E-state index is 12.1. The Balaban J connectivity index is 2.58. The average molecular weight is 316 g/mol. The predicted molar refractivity (Wildman–Crippen MR) is 82.1 cm³/mol. The Morgan fingerprint density at radius 1 is 1.24 bits per heavy atom. The molecule has 1 aromatic carbocycles. The molecular formula is C14H24N2O4S. The zero-order chi connectivity index (χ0) is 15.7. The number of sulfonamides is 1. The Morgan fingerprint density at radius 2 is 1.90 bits per heavy atom. The number of nitrogens with one attached hydrogen (secondary N) is 2. The van der Waals surface area contributed by atoms with Crippen molar-refractivity contribution in [1.82, 2.24) is 10.0 Å². The monoisotopic (exact) mass is 316 g/mol. The summed E-state index contributed by atoms with van der Waals surface area (Å²) in [6.07, 6.45) is -0.158. The third kappa shape index (κ3) is 6.43. The molecule has 0 saturated heterocycles.